The molecule has 0 saturated carbocycles. The number of nitrogens with zero attached hydrogens (tertiary/aromatic N) is 1. The van der Waals surface area contributed by atoms with Gasteiger partial charge in [-0.2, -0.15) is 0 Å². The molecule has 0 radical (unpaired) electrons. The Kier molecular flexibility index (Phi) is 5.77. The van der Waals surface area contributed by atoms with Crippen molar-refractivity contribution in [1.29, 1.82) is 0 Å². The Bertz CT molecular complexity index is 698. The predicted octanol–water partition coefficient (Wildman–Crippen LogP) is 3.64. The van der Waals surface area contributed by atoms with Crippen LogP contribution in [0.5, 0.6) is 0 Å². The molecule has 5 heteroatoms. The molecule has 0 atom stereocenters. The lowest BCUT2D eigenvalue weighted by Crippen LogP contribution is -2.36. The van der Waals surface area contributed by atoms with Crippen LogP contribution in [0.3, 0.4) is 0 Å². The van der Waals surface area contributed by atoms with Gasteiger partial charge in [0, 0.05) is 24.2 Å². The van der Waals surface area contributed by atoms with Gasteiger partial charge >= 0.3 is 0 Å². The molecular weight excluding hydrogens is 312 g/mol. The summed E-state index contributed by atoms with van der Waals surface area (Å²) in [6.45, 7) is 3.86. The highest BCUT2D eigenvalue weighted by atomic mass is 35.5. The van der Waals surface area contributed by atoms with E-state index in [1.54, 1.807) is 24.3 Å². The average Bonchev–Trinajstić information content (AvgIpc) is 2.48. The van der Waals surface area contributed by atoms with Crippen molar-refractivity contribution in [3.63, 3.8) is 0 Å². The molecule has 0 aliphatic rings. The summed E-state index contributed by atoms with van der Waals surface area (Å²) in [5.41, 5.74) is 2.75. The van der Waals surface area contributed by atoms with Gasteiger partial charge in [-0.15, -0.1) is 0 Å². The molecule has 0 spiro atoms. The van der Waals surface area contributed by atoms with Crippen molar-refractivity contribution in [2.45, 2.75) is 20.4 Å². The molecule has 0 bridgehead atoms. The summed E-state index contributed by atoms with van der Waals surface area (Å²) in [6.07, 6.45) is 0. The molecule has 2 aromatic carbocycles. The first-order valence-electron chi connectivity index (χ1n) is 7.30. The molecule has 0 aromatic heterocycles. The van der Waals surface area contributed by atoms with Crippen LogP contribution in [0.2, 0.25) is 5.02 Å². The predicted molar refractivity (Wildman–Crippen MR) is 92.4 cm³/mol. The van der Waals surface area contributed by atoms with Crippen LogP contribution in [0.1, 0.15) is 18.1 Å². The Hall–Kier alpha value is -2.33. The van der Waals surface area contributed by atoms with Gasteiger partial charge in [-0.1, -0.05) is 47.5 Å². The van der Waals surface area contributed by atoms with Gasteiger partial charge in [-0.3, -0.25) is 9.59 Å². The number of hydrogen-bond donors (Lipinski definition) is 1. The van der Waals surface area contributed by atoms with Gasteiger partial charge in [-0.05, 0) is 30.7 Å². The van der Waals surface area contributed by atoms with Gasteiger partial charge in [0.1, 0.15) is 6.54 Å². The maximum atomic E-state index is 12.1. The lowest BCUT2D eigenvalue weighted by Gasteiger charge is -2.20. The van der Waals surface area contributed by atoms with Crippen LogP contribution in [0, 0.1) is 6.92 Å². The zero-order valence-electron chi connectivity index (χ0n) is 13.2. The molecule has 120 valence electrons. The topological polar surface area (TPSA) is 49.4 Å². The van der Waals surface area contributed by atoms with Crippen LogP contribution in [-0.4, -0.2) is 23.3 Å². The number of halogens is 1. The van der Waals surface area contributed by atoms with Gasteiger partial charge in [-0.25, -0.2) is 0 Å². The zero-order chi connectivity index (χ0) is 16.8. The summed E-state index contributed by atoms with van der Waals surface area (Å²) in [6, 6.07) is 14.8. The van der Waals surface area contributed by atoms with E-state index in [0.717, 1.165) is 11.1 Å². The Morgan fingerprint density at radius 3 is 2.43 bits per heavy atom. The summed E-state index contributed by atoms with van der Waals surface area (Å²) in [7, 11) is 0. The van der Waals surface area contributed by atoms with Crippen molar-refractivity contribution in [1.82, 2.24) is 4.90 Å². The normalized spacial score (nSPS) is 10.2. The van der Waals surface area contributed by atoms with Crippen LogP contribution in [-0.2, 0) is 16.1 Å². The Morgan fingerprint density at radius 1 is 1.13 bits per heavy atom. The van der Waals surface area contributed by atoms with Crippen molar-refractivity contribution in [3.05, 3.63) is 64.7 Å². The van der Waals surface area contributed by atoms with Crippen molar-refractivity contribution in [2.75, 3.05) is 11.9 Å². The fraction of sp³-hybridized carbons (Fsp3) is 0.222. The molecule has 0 saturated heterocycles. The van der Waals surface area contributed by atoms with Gasteiger partial charge < -0.3 is 10.2 Å². The first kappa shape index (κ1) is 17.0. The minimum Gasteiger partial charge on any atom is -0.329 e. The van der Waals surface area contributed by atoms with Crippen molar-refractivity contribution >= 4 is 29.1 Å². The van der Waals surface area contributed by atoms with E-state index in [4.69, 9.17) is 11.6 Å². The fourth-order valence-electron chi connectivity index (χ4n) is 2.13. The first-order valence-corrected chi connectivity index (χ1v) is 7.68. The van der Waals surface area contributed by atoms with E-state index in [1.807, 2.05) is 31.2 Å². The summed E-state index contributed by atoms with van der Waals surface area (Å²) >= 11 is 5.89. The molecule has 0 aliphatic carbocycles. The highest BCUT2D eigenvalue weighted by Crippen LogP contribution is 2.15. The van der Waals surface area contributed by atoms with E-state index >= 15 is 0 Å². The number of hydrogen-bond acceptors (Lipinski definition) is 2. The highest BCUT2D eigenvalue weighted by Gasteiger charge is 2.14. The zero-order valence-corrected chi connectivity index (χ0v) is 13.9. The average molecular weight is 331 g/mol. The number of benzene rings is 2. The second-order valence-corrected chi connectivity index (χ2v) is 5.86. The number of carbonyl (C=O) groups excluding carboxylic acids is 2. The van der Waals surface area contributed by atoms with Crippen LogP contribution in [0.25, 0.3) is 0 Å². The van der Waals surface area contributed by atoms with Crippen molar-refractivity contribution in [3.8, 4) is 0 Å². The quantitative estimate of drug-likeness (QED) is 0.910. The van der Waals surface area contributed by atoms with Gasteiger partial charge in [0.2, 0.25) is 11.8 Å². The molecule has 1 N–H and O–H groups in total. The molecule has 23 heavy (non-hydrogen) atoms. The van der Waals surface area contributed by atoms with E-state index in [-0.39, 0.29) is 18.4 Å². The SMILES string of the molecule is CC(=O)N(CC(=O)Nc1cccc(Cl)c1)Cc1ccc(C)cc1. The third-order valence-electron chi connectivity index (χ3n) is 3.38. The van der Waals surface area contributed by atoms with Crippen LogP contribution >= 0.6 is 11.6 Å². The van der Waals surface area contributed by atoms with E-state index in [2.05, 4.69) is 5.32 Å². The molecule has 0 aliphatic heterocycles. The minimum absolute atomic E-state index is 0.00424. The van der Waals surface area contributed by atoms with Gasteiger partial charge in [0.05, 0.1) is 0 Å². The standard InChI is InChI=1S/C18H19ClN2O2/c1-13-6-8-15(9-7-13)11-21(14(2)22)12-18(23)20-17-5-3-4-16(19)10-17/h3-10H,11-12H2,1-2H3,(H,20,23). The third kappa shape index (κ3) is 5.42. The second-order valence-electron chi connectivity index (χ2n) is 5.42. The lowest BCUT2D eigenvalue weighted by molar-refractivity contribution is -0.133. The number of carbonyl (C=O) groups is 2. The Morgan fingerprint density at radius 2 is 1.83 bits per heavy atom. The number of nitrogens with one attached hydrogen (secondary N) is 1. The lowest BCUT2D eigenvalue weighted by atomic mass is 10.1. The molecule has 0 fully saturated rings. The minimum atomic E-state index is -0.255. The summed E-state index contributed by atoms with van der Waals surface area (Å²) in [5, 5.41) is 3.29. The van der Waals surface area contributed by atoms with E-state index in [0.29, 0.717) is 17.3 Å². The first-order chi connectivity index (χ1) is 10.9. The fourth-order valence-corrected chi connectivity index (χ4v) is 2.32. The Balaban J connectivity index is 1.99. The smallest absolute Gasteiger partial charge is 0.244 e. The summed E-state index contributed by atoms with van der Waals surface area (Å²) in [4.78, 5) is 25.4. The second kappa shape index (κ2) is 7.79. The summed E-state index contributed by atoms with van der Waals surface area (Å²) in [5.74, 6) is -0.401. The highest BCUT2D eigenvalue weighted by molar-refractivity contribution is 6.30. The van der Waals surface area contributed by atoms with Crippen molar-refractivity contribution < 1.29 is 9.59 Å². The van der Waals surface area contributed by atoms with E-state index in [1.165, 1.54) is 11.8 Å². The number of anilines is 1. The molecule has 4 nitrogen and oxygen atoms in total. The monoisotopic (exact) mass is 330 g/mol. The van der Waals surface area contributed by atoms with Crippen LogP contribution in [0.4, 0.5) is 5.69 Å². The number of aryl methyl sites for hydroxylation is 1. The maximum absolute atomic E-state index is 12.1. The third-order valence-corrected chi connectivity index (χ3v) is 3.62. The van der Waals surface area contributed by atoms with Gasteiger partial charge in [0.15, 0.2) is 0 Å². The molecule has 0 heterocycles. The number of amides is 2. The molecule has 2 rings (SSSR count). The molecule has 2 aromatic rings. The van der Waals surface area contributed by atoms with E-state index < -0.39 is 0 Å². The number of rotatable bonds is 5. The van der Waals surface area contributed by atoms with Crippen molar-refractivity contribution in [2.24, 2.45) is 0 Å². The van der Waals surface area contributed by atoms with Crippen LogP contribution in [0.15, 0.2) is 48.5 Å². The van der Waals surface area contributed by atoms with E-state index in [9.17, 15) is 9.59 Å². The maximum Gasteiger partial charge on any atom is 0.244 e. The molecule has 2 amide bonds. The Labute approximate surface area is 141 Å². The molecular formula is C18H19ClN2O2. The van der Waals surface area contributed by atoms with Crippen LogP contribution < -0.4 is 5.32 Å². The largest absolute Gasteiger partial charge is 0.329 e. The summed E-state index contributed by atoms with van der Waals surface area (Å²) < 4.78 is 0. The van der Waals surface area contributed by atoms with Gasteiger partial charge in [0.25, 0.3) is 0 Å². The molecule has 0 unspecified atom stereocenters.